The molecule has 0 spiro atoms. The molecule has 1 N–H and O–H groups in total. The van der Waals surface area contributed by atoms with Crippen LogP contribution in [0.2, 0.25) is 0 Å². The summed E-state index contributed by atoms with van der Waals surface area (Å²) in [5.41, 5.74) is 1.30. The van der Waals surface area contributed by atoms with E-state index in [1.165, 1.54) is 12.1 Å². The van der Waals surface area contributed by atoms with Crippen molar-refractivity contribution in [3.63, 3.8) is 0 Å². The molecule has 0 aromatic heterocycles. The molecule has 3 rings (SSSR count). The van der Waals surface area contributed by atoms with Gasteiger partial charge in [-0.2, -0.15) is 0 Å². The third kappa shape index (κ3) is 2.29. The molecule has 102 valence electrons. The topological polar surface area (TPSA) is 29.1 Å². The van der Waals surface area contributed by atoms with Gasteiger partial charge in [0.25, 0.3) is 0 Å². The van der Waals surface area contributed by atoms with Crippen LogP contribution in [0.3, 0.4) is 0 Å². The minimum Gasteiger partial charge on any atom is -0.349 e. The minimum absolute atomic E-state index is 0.118. The van der Waals surface area contributed by atoms with Gasteiger partial charge >= 0.3 is 0 Å². The van der Waals surface area contributed by atoms with Crippen LogP contribution < -0.4 is 5.32 Å². The number of carbonyl (C=O) groups excluding carboxylic acids is 1. The summed E-state index contributed by atoms with van der Waals surface area (Å²) in [6.45, 7) is 0. The Morgan fingerprint density at radius 1 is 1.05 bits per heavy atom. The van der Waals surface area contributed by atoms with Crippen LogP contribution in [-0.2, 0) is 4.79 Å². The number of nitrogens with one attached hydrogen (secondary N) is 1. The predicted molar refractivity (Wildman–Crippen MR) is 71.0 cm³/mol. The first-order chi connectivity index (χ1) is 9.65. The molecule has 1 aliphatic rings. The molecule has 20 heavy (non-hydrogen) atoms. The van der Waals surface area contributed by atoms with Gasteiger partial charge in [-0.1, -0.05) is 36.4 Å². The molecule has 1 heterocycles. The summed E-state index contributed by atoms with van der Waals surface area (Å²) in [4.78, 5) is 11.7. The second kappa shape index (κ2) is 5.04. The van der Waals surface area contributed by atoms with Crippen LogP contribution in [0.5, 0.6) is 0 Å². The Kier molecular flexibility index (Phi) is 3.22. The highest BCUT2D eigenvalue weighted by atomic mass is 19.1. The fraction of sp³-hybridized carbons (Fsp3) is 0.188. The van der Waals surface area contributed by atoms with E-state index in [-0.39, 0.29) is 24.3 Å². The second-order valence-electron chi connectivity index (χ2n) is 4.93. The Morgan fingerprint density at radius 2 is 1.80 bits per heavy atom. The lowest BCUT2D eigenvalue weighted by atomic mass is 9.87. The van der Waals surface area contributed by atoms with E-state index < -0.39 is 11.6 Å². The van der Waals surface area contributed by atoms with E-state index >= 15 is 0 Å². The third-order valence-electron chi connectivity index (χ3n) is 3.64. The first-order valence-corrected chi connectivity index (χ1v) is 6.44. The molecule has 2 unspecified atom stereocenters. The van der Waals surface area contributed by atoms with Crippen LogP contribution in [0.1, 0.15) is 29.5 Å². The van der Waals surface area contributed by atoms with Crippen molar-refractivity contribution in [2.75, 3.05) is 0 Å². The number of carbonyl (C=O) groups is 1. The van der Waals surface area contributed by atoms with E-state index in [0.29, 0.717) is 5.56 Å². The van der Waals surface area contributed by atoms with E-state index in [4.69, 9.17) is 0 Å². The molecule has 1 amide bonds. The molecule has 0 saturated carbocycles. The van der Waals surface area contributed by atoms with Crippen molar-refractivity contribution in [2.24, 2.45) is 0 Å². The largest absolute Gasteiger partial charge is 0.349 e. The normalized spacial score (nSPS) is 21.8. The van der Waals surface area contributed by atoms with E-state index in [0.717, 1.165) is 11.6 Å². The molecule has 0 aliphatic carbocycles. The summed E-state index contributed by atoms with van der Waals surface area (Å²) in [6.07, 6.45) is 0.210. The van der Waals surface area contributed by atoms with Crippen molar-refractivity contribution in [1.82, 2.24) is 5.32 Å². The summed E-state index contributed by atoms with van der Waals surface area (Å²) in [5.74, 6) is -1.65. The standard InChI is InChI=1S/C16H13F2NO/c17-11-6-7-12(14(18)8-11)13-9-15(20)19-16(13)10-4-2-1-3-5-10/h1-8,13,16H,9H2,(H,19,20). The highest BCUT2D eigenvalue weighted by molar-refractivity contribution is 5.80. The number of amides is 1. The molecular weight excluding hydrogens is 260 g/mol. The summed E-state index contributed by atoms with van der Waals surface area (Å²) >= 11 is 0. The maximum atomic E-state index is 13.9. The number of rotatable bonds is 2. The SMILES string of the molecule is O=C1CC(c2ccc(F)cc2F)C(c2ccccc2)N1. The monoisotopic (exact) mass is 273 g/mol. The van der Waals surface area contributed by atoms with Gasteiger partial charge in [-0.05, 0) is 17.2 Å². The lowest BCUT2D eigenvalue weighted by Crippen LogP contribution is -2.20. The molecule has 0 radical (unpaired) electrons. The summed E-state index contributed by atoms with van der Waals surface area (Å²) < 4.78 is 26.9. The lowest BCUT2D eigenvalue weighted by molar-refractivity contribution is -0.119. The maximum Gasteiger partial charge on any atom is 0.221 e. The molecule has 1 fully saturated rings. The summed E-state index contributed by atoms with van der Waals surface area (Å²) in [5, 5.41) is 2.86. The number of hydrogen-bond acceptors (Lipinski definition) is 1. The summed E-state index contributed by atoms with van der Waals surface area (Å²) in [7, 11) is 0. The predicted octanol–water partition coefficient (Wildman–Crippen LogP) is 3.31. The molecule has 2 aromatic rings. The summed E-state index contributed by atoms with van der Waals surface area (Å²) in [6, 6.07) is 12.7. The zero-order valence-corrected chi connectivity index (χ0v) is 10.6. The first kappa shape index (κ1) is 12.8. The van der Waals surface area contributed by atoms with Crippen LogP contribution in [0.4, 0.5) is 8.78 Å². The highest BCUT2D eigenvalue weighted by Gasteiger charge is 2.35. The van der Waals surface area contributed by atoms with Gasteiger partial charge in [0.15, 0.2) is 0 Å². The quantitative estimate of drug-likeness (QED) is 0.893. The average molecular weight is 273 g/mol. The first-order valence-electron chi connectivity index (χ1n) is 6.44. The third-order valence-corrected chi connectivity index (χ3v) is 3.64. The molecule has 0 bridgehead atoms. The van der Waals surface area contributed by atoms with Gasteiger partial charge < -0.3 is 5.32 Å². The van der Waals surface area contributed by atoms with Crippen LogP contribution in [0.15, 0.2) is 48.5 Å². The van der Waals surface area contributed by atoms with Gasteiger partial charge in [0.2, 0.25) is 5.91 Å². The zero-order valence-electron chi connectivity index (χ0n) is 10.6. The smallest absolute Gasteiger partial charge is 0.221 e. The number of benzene rings is 2. The van der Waals surface area contributed by atoms with Crippen molar-refractivity contribution in [3.8, 4) is 0 Å². The van der Waals surface area contributed by atoms with Crippen molar-refractivity contribution < 1.29 is 13.6 Å². The van der Waals surface area contributed by atoms with E-state index in [1.807, 2.05) is 30.3 Å². The molecule has 4 heteroatoms. The molecule has 1 saturated heterocycles. The Labute approximate surface area is 115 Å². The Bertz CT molecular complexity index is 642. The van der Waals surface area contributed by atoms with E-state index in [2.05, 4.69) is 5.32 Å². The maximum absolute atomic E-state index is 13.9. The van der Waals surface area contributed by atoms with Gasteiger partial charge in [0, 0.05) is 18.4 Å². The van der Waals surface area contributed by atoms with Crippen LogP contribution in [0.25, 0.3) is 0 Å². The van der Waals surface area contributed by atoms with Crippen LogP contribution >= 0.6 is 0 Å². The van der Waals surface area contributed by atoms with Crippen molar-refractivity contribution >= 4 is 5.91 Å². The number of halogens is 2. The van der Waals surface area contributed by atoms with Crippen LogP contribution in [0, 0.1) is 11.6 Å². The van der Waals surface area contributed by atoms with Crippen molar-refractivity contribution in [1.29, 1.82) is 0 Å². The van der Waals surface area contributed by atoms with E-state index in [1.54, 1.807) is 0 Å². The lowest BCUT2D eigenvalue weighted by Gasteiger charge is -2.20. The molecule has 2 atom stereocenters. The molecule has 2 aromatic carbocycles. The zero-order chi connectivity index (χ0) is 14.1. The van der Waals surface area contributed by atoms with Crippen molar-refractivity contribution in [2.45, 2.75) is 18.4 Å². The average Bonchev–Trinajstić information content (AvgIpc) is 2.81. The van der Waals surface area contributed by atoms with Crippen molar-refractivity contribution in [3.05, 3.63) is 71.3 Å². The number of hydrogen-bond donors (Lipinski definition) is 1. The Hall–Kier alpha value is -2.23. The molecule has 1 aliphatic heterocycles. The Balaban J connectivity index is 2.00. The van der Waals surface area contributed by atoms with Gasteiger partial charge in [-0.25, -0.2) is 8.78 Å². The van der Waals surface area contributed by atoms with E-state index in [9.17, 15) is 13.6 Å². The fourth-order valence-corrected chi connectivity index (χ4v) is 2.72. The fourth-order valence-electron chi connectivity index (χ4n) is 2.72. The Morgan fingerprint density at radius 3 is 2.50 bits per heavy atom. The van der Waals surface area contributed by atoms with Gasteiger partial charge in [-0.3, -0.25) is 4.79 Å². The van der Waals surface area contributed by atoms with Gasteiger partial charge in [0.05, 0.1) is 6.04 Å². The highest BCUT2D eigenvalue weighted by Crippen LogP contribution is 2.39. The molecular formula is C16H13F2NO. The minimum atomic E-state index is -0.611. The van der Waals surface area contributed by atoms with Gasteiger partial charge in [-0.15, -0.1) is 0 Å². The van der Waals surface area contributed by atoms with Crippen LogP contribution in [-0.4, -0.2) is 5.91 Å². The molecule has 2 nitrogen and oxygen atoms in total. The second-order valence-corrected chi connectivity index (χ2v) is 4.93. The van der Waals surface area contributed by atoms with Gasteiger partial charge in [0.1, 0.15) is 11.6 Å².